The van der Waals surface area contributed by atoms with E-state index in [9.17, 15) is 19.8 Å². The molecule has 0 saturated carbocycles. The van der Waals surface area contributed by atoms with Gasteiger partial charge in [0.1, 0.15) is 5.97 Å². The molecule has 0 aliphatic rings. The molecule has 5 heteroatoms. The Morgan fingerprint density at radius 2 is 2.00 bits per heavy atom. The topological polar surface area (TPSA) is 100 Å². The zero-order valence-electron chi connectivity index (χ0n) is 5.07. The third kappa shape index (κ3) is 3.99. The predicted molar refractivity (Wildman–Crippen MR) is 25.3 cm³/mol. The molecular formula is C5H6O5-2. The molecule has 10 heavy (non-hydrogen) atoms. The number of hydrogen-bond donors (Lipinski definition) is 1. The third-order valence-electron chi connectivity index (χ3n) is 0.846. The molecule has 0 radical (unpaired) electrons. The van der Waals surface area contributed by atoms with Crippen LogP contribution in [0, 0.1) is 0 Å². The molecule has 0 aliphatic heterocycles. The summed E-state index contributed by atoms with van der Waals surface area (Å²) in [5.74, 6) is -2.98. The minimum absolute atomic E-state index is 0.382. The van der Waals surface area contributed by atoms with Crippen molar-refractivity contribution in [1.29, 1.82) is 0 Å². The van der Waals surface area contributed by atoms with Crippen molar-refractivity contribution in [2.24, 2.45) is 0 Å². The van der Waals surface area contributed by atoms with Crippen LogP contribution < -0.4 is 10.2 Å². The van der Waals surface area contributed by atoms with Gasteiger partial charge < -0.3 is 20.1 Å². The van der Waals surface area contributed by atoms with Gasteiger partial charge in [-0.1, -0.05) is 0 Å². The van der Waals surface area contributed by atoms with Crippen LogP contribution in [0.1, 0.15) is 12.8 Å². The molecule has 0 aliphatic carbocycles. The lowest BCUT2D eigenvalue weighted by atomic mass is 10.2. The van der Waals surface area contributed by atoms with Crippen molar-refractivity contribution >= 4 is 11.8 Å². The summed E-state index contributed by atoms with van der Waals surface area (Å²) < 4.78 is 0. The summed E-state index contributed by atoms with van der Waals surface area (Å²) in [6, 6.07) is 0. The lowest BCUT2D eigenvalue weighted by Gasteiger charge is -2.12. The van der Waals surface area contributed by atoms with Gasteiger partial charge in [0.2, 0.25) is 0 Å². The molecule has 0 heterocycles. The fraction of sp³-hybridized carbons (Fsp3) is 0.600. The summed E-state index contributed by atoms with van der Waals surface area (Å²) in [5, 5.41) is 27.6. The van der Waals surface area contributed by atoms with Crippen LogP contribution in [-0.4, -0.2) is 23.1 Å². The monoisotopic (exact) mass is 146 g/mol. The van der Waals surface area contributed by atoms with Crippen molar-refractivity contribution < 1.29 is 24.9 Å². The first-order valence-electron chi connectivity index (χ1n) is 2.62. The fourth-order valence-corrected chi connectivity index (χ4v) is 0.357. The molecule has 0 amide bonds. The number of carbonyl (C=O) groups is 2. The molecule has 5 nitrogen and oxygen atoms in total. The molecule has 0 saturated heterocycles. The van der Waals surface area contributed by atoms with Crippen LogP contribution in [0.15, 0.2) is 0 Å². The quantitative estimate of drug-likeness (QED) is 0.332. The van der Waals surface area contributed by atoms with Crippen LogP contribution >= 0.6 is 0 Å². The Morgan fingerprint density at radius 3 is 2.30 bits per heavy atom. The van der Waals surface area contributed by atoms with E-state index in [1.807, 2.05) is 0 Å². The molecule has 0 aromatic heterocycles. The second-order valence-corrected chi connectivity index (χ2v) is 1.70. The molecule has 1 N–H and O–H groups in total. The van der Waals surface area contributed by atoms with Gasteiger partial charge in [0.15, 0.2) is 5.78 Å². The number of rotatable bonds is 4. The highest BCUT2D eigenvalue weighted by atomic mass is 16.5. The number of carboxylic acid groups (broad SMARTS) is 1. The largest absolute Gasteiger partial charge is 0.831 e. The number of ketones is 1. The smallest absolute Gasteiger partial charge is 0.178 e. The van der Waals surface area contributed by atoms with Crippen LogP contribution in [0.4, 0.5) is 0 Å². The molecule has 0 bridgehead atoms. The van der Waals surface area contributed by atoms with E-state index in [2.05, 4.69) is 0 Å². The number of aliphatic carboxylic acids is 1. The number of hydrogen-bond acceptors (Lipinski definition) is 5. The maximum absolute atomic E-state index is 10.1. The number of aliphatic hydroxyl groups excluding tert-OH is 1. The molecule has 0 aromatic carbocycles. The highest BCUT2D eigenvalue weighted by Gasteiger charge is 2.01. The van der Waals surface area contributed by atoms with Crippen molar-refractivity contribution in [2.45, 2.75) is 19.1 Å². The normalized spacial score (nSPS) is 12.6. The SMILES string of the molecule is O=C([O-])C(=O)CCC([O-])O. The van der Waals surface area contributed by atoms with E-state index in [-0.39, 0.29) is 6.42 Å². The molecule has 1 atom stereocenters. The molecule has 1 unspecified atom stereocenters. The molecule has 0 rings (SSSR count). The maximum atomic E-state index is 10.1. The summed E-state index contributed by atoms with van der Waals surface area (Å²) >= 11 is 0. The first-order chi connectivity index (χ1) is 4.54. The first kappa shape index (κ1) is 9.06. The molecule has 0 fully saturated rings. The van der Waals surface area contributed by atoms with Gasteiger partial charge in [0.05, 0.1) is 0 Å². The maximum Gasteiger partial charge on any atom is 0.178 e. The van der Waals surface area contributed by atoms with Crippen molar-refractivity contribution in [3.05, 3.63) is 0 Å². The minimum Gasteiger partial charge on any atom is -0.831 e. The van der Waals surface area contributed by atoms with Crippen molar-refractivity contribution in [2.75, 3.05) is 0 Å². The highest BCUT2D eigenvalue weighted by molar-refractivity contribution is 6.31. The van der Waals surface area contributed by atoms with Gasteiger partial charge in [-0.2, -0.15) is 0 Å². The fourth-order valence-electron chi connectivity index (χ4n) is 0.357. The number of carbonyl (C=O) groups excluding carboxylic acids is 2. The Hall–Kier alpha value is -0.940. The van der Waals surface area contributed by atoms with Gasteiger partial charge in [-0.15, -0.1) is 0 Å². The van der Waals surface area contributed by atoms with Crippen LogP contribution in [0.5, 0.6) is 0 Å². The van der Waals surface area contributed by atoms with Crippen LogP contribution in [0.25, 0.3) is 0 Å². The molecule has 0 spiro atoms. The van der Waals surface area contributed by atoms with Gasteiger partial charge in [0, 0.05) is 6.42 Å². The standard InChI is InChI=1S/C5H7O5/c6-3(5(9)10)1-2-4(7)8/h4,7H,1-2H2,(H,9,10)/q-1/p-1. The Morgan fingerprint density at radius 1 is 1.50 bits per heavy atom. The average Bonchev–Trinajstić information content (AvgIpc) is 1.82. The summed E-state index contributed by atoms with van der Waals surface area (Å²) in [6.45, 7) is 0. The third-order valence-corrected chi connectivity index (χ3v) is 0.846. The second-order valence-electron chi connectivity index (χ2n) is 1.70. The lowest BCUT2D eigenvalue weighted by molar-refractivity contribution is -0.483. The molecule has 58 valence electrons. The van der Waals surface area contributed by atoms with Gasteiger partial charge in [-0.25, -0.2) is 0 Å². The minimum atomic E-state index is -1.89. The Labute approximate surface area is 56.9 Å². The number of aliphatic hydroxyl groups is 1. The summed E-state index contributed by atoms with van der Waals surface area (Å²) in [4.78, 5) is 19.8. The molecular weight excluding hydrogens is 140 g/mol. The van der Waals surface area contributed by atoms with Gasteiger partial charge in [-0.3, -0.25) is 4.79 Å². The van der Waals surface area contributed by atoms with E-state index < -0.39 is 24.5 Å². The van der Waals surface area contributed by atoms with Gasteiger partial charge in [-0.05, 0) is 12.7 Å². The second kappa shape index (κ2) is 3.97. The first-order valence-corrected chi connectivity index (χ1v) is 2.62. The summed E-state index contributed by atoms with van der Waals surface area (Å²) in [7, 11) is 0. The highest BCUT2D eigenvalue weighted by Crippen LogP contribution is 1.90. The summed E-state index contributed by atoms with van der Waals surface area (Å²) in [5.41, 5.74) is 0. The van der Waals surface area contributed by atoms with Crippen LogP contribution in [-0.2, 0) is 9.59 Å². The Balaban J connectivity index is 3.50. The summed E-state index contributed by atoms with van der Waals surface area (Å²) in [6.07, 6.45) is -2.73. The van der Waals surface area contributed by atoms with E-state index in [0.717, 1.165) is 0 Å². The zero-order chi connectivity index (χ0) is 8.15. The number of Topliss-reactive ketones (excluding diaryl/α,β-unsaturated/α-hetero) is 1. The van der Waals surface area contributed by atoms with E-state index in [1.165, 1.54) is 0 Å². The Bertz CT molecular complexity index is 139. The zero-order valence-corrected chi connectivity index (χ0v) is 5.07. The van der Waals surface area contributed by atoms with Crippen LogP contribution in [0.2, 0.25) is 0 Å². The van der Waals surface area contributed by atoms with Crippen molar-refractivity contribution in [1.82, 2.24) is 0 Å². The van der Waals surface area contributed by atoms with Crippen molar-refractivity contribution in [3.8, 4) is 0 Å². The van der Waals surface area contributed by atoms with Crippen LogP contribution in [0.3, 0.4) is 0 Å². The van der Waals surface area contributed by atoms with Gasteiger partial charge >= 0.3 is 0 Å². The average molecular weight is 146 g/mol. The Kier molecular flexibility index (Phi) is 3.60. The molecule has 0 aromatic rings. The van der Waals surface area contributed by atoms with E-state index in [4.69, 9.17) is 5.11 Å². The number of carboxylic acids is 1. The van der Waals surface area contributed by atoms with Gasteiger partial charge in [0.25, 0.3) is 0 Å². The van der Waals surface area contributed by atoms with E-state index >= 15 is 0 Å². The van der Waals surface area contributed by atoms with E-state index in [1.54, 1.807) is 0 Å². The van der Waals surface area contributed by atoms with Crippen molar-refractivity contribution in [3.63, 3.8) is 0 Å². The predicted octanol–water partition coefficient (Wildman–Crippen LogP) is -3.24. The lowest BCUT2D eigenvalue weighted by Crippen LogP contribution is -2.33. The van der Waals surface area contributed by atoms with E-state index in [0.29, 0.717) is 0 Å².